The van der Waals surface area contributed by atoms with Crippen LogP contribution in [0.5, 0.6) is 0 Å². The van der Waals surface area contributed by atoms with Crippen LogP contribution >= 0.6 is 0 Å². The SMILES string of the molecule is C=C(C)/C(=C\C=O)CC[C@@H](C)[C@H]1CC[C@H]2[C@@H]3CC[C@H]4C[C@@H](O)CC[C@]4(C)[C@H]3CC[C@]12C. The van der Waals surface area contributed by atoms with Crippen LogP contribution in [0.15, 0.2) is 23.8 Å². The lowest BCUT2D eigenvalue weighted by Crippen LogP contribution is -2.54. The molecular formula is C29H46O2. The molecule has 0 unspecified atom stereocenters. The van der Waals surface area contributed by atoms with Gasteiger partial charge in [-0.25, -0.2) is 0 Å². The van der Waals surface area contributed by atoms with Crippen molar-refractivity contribution in [2.24, 2.45) is 46.3 Å². The summed E-state index contributed by atoms with van der Waals surface area (Å²) in [6.07, 6.45) is 16.5. The van der Waals surface area contributed by atoms with Gasteiger partial charge < -0.3 is 5.11 Å². The highest BCUT2D eigenvalue weighted by molar-refractivity contribution is 5.67. The van der Waals surface area contributed by atoms with Crippen molar-refractivity contribution < 1.29 is 9.90 Å². The number of carbonyl (C=O) groups excluding carboxylic acids is 1. The predicted octanol–water partition coefficient (Wildman–Crippen LogP) is 7.12. The summed E-state index contributed by atoms with van der Waals surface area (Å²) < 4.78 is 0. The fourth-order valence-electron chi connectivity index (χ4n) is 9.32. The quantitative estimate of drug-likeness (QED) is 0.279. The summed E-state index contributed by atoms with van der Waals surface area (Å²) in [5, 5.41) is 10.3. The smallest absolute Gasteiger partial charge is 0.143 e. The van der Waals surface area contributed by atoms with Crippen molar-refractivity contribution in [1.82, 2.24) is 0 Å². The van der Waals surface area contributed by atoms with Crippen LogP contribution in [-0.2, 0) is 4.79 Å². The van der Waals surface area contributed by atoms with Crippen molar-refractivity contribution >= 4 is 6.29 Å². The highest BCUT2D eigenvalue weighted by atomic mass is 16.3. The minimum Gasteiger partial charge on any atom is -0.393 e. The van der Waals surface area contributed by atoms with Crippen molar-refractivity contribution in [3.05, 3.63) is 23.8 Å². The maximum atomic E-state index is 11.0. The van der Waals surface area contributed by atoms with Crippen LogP contribution in [-0.4, -0.2) is 17.5 Å². The molecule has 9 atom stereocenters. The van der Waals surface area contributed by atoms with Crippen LogP contribution in [0.25, 0.3) is 0 Å². The summed E-state index contributed by atoms with van der Waals surface area (Å²) in [7, 11) is 0. The molecule has 0 aromatic heterocycles. The van der Waals surface area contributed by atoms with Crippen molar-refractivity contribution in [3.8, 4) is 0 Å². The lowest BCUT2D eigenvalue weighted by molar-refractivity contribution is -0.129. The number of carbonyl (C=O) groups is 1. The monoisotopic (exact) mass is 426 g/mol. The van der Waals surface area contributed by atoms with Gasteiger partial charge in [0.2, 0.25) is 0 Å². The molecule has 0 saturated heterocycles. The van der Waals surface area contributed by atoms with E-state index < -0.39 is 0 Å². The van der Waals surface area contributed by atoms with Crippen LogP contribution in [0.1, 0.15) is 98.3 Å². The molecule has 0 aromatic rings. The molecular weight excluding hydrogens is 380 g/mol. The molecule has 174 valence electrons. The molecule has 0 spiro atoms. The van der Waals surface area contributed by atoms with Crippen LogP contribution in [0.3, 0.4) is 0 Å². The summed E-state index contributed by atoms with van der Waals surface area (Å²) >= 11 is 0. The average molecular weight is 427 g/mol. The van der Waals surface area contributed by atoms with E-state index in [1.165, 1.54) is 51.4 Å². The number of rotatable bonds is 6. The third kappa shape index (κ3) is 4.00. The molecule has 0 heterocycles. The number of fused-ring (bicyclic) bond motifs is 5. The number of aliphatic hydroxyl groups is 1. The van der Waals surface area contributed by atoms with Crippen LogP contribution in [0, 0.1) is 46.3 Å². The van der Waals surface area contributed by atoms with E-state index in [-0.39, 0.29) is 6.10 Å². The van der Waals surface area contributed by atoms with Gasteiger partial charge in [0.05, 0.1) is 6.10 Å². The Morgan fingerprint density at radius 3 is 2.48 bits per heavy atom. The van der Waals surface area contributed by atoms with E-state index in [4.69, 9.17) is 0 Å². The van der Waals surface area contributed by atoms with Gasteiger partial charge in [-0.3, -0.25) is 4.79 Å². The third-order valence-electron chi connectivity index (χ3n) is 11.1. The van der Waals surface area contributed by atoms with Gasteiger partial charge in [-0.05, 0) is 136 Å². The molecule has 0 aromatic carbocycles. The maximum Gasteiger partial charge on any atom is 0.143 e. The Morgan fingerprint density at radius 1 is 1.06 bits per heavy atom. The summed E-state index contributed by atoms with van der Waals surface area (Å²) in [6, 6.07) is 0. The van der Waals surface area contributed by atoms with Gasteiger partial charge in [-0.1, -0.05) is 32.9 Å². The summed E-state index contributed by atoms with van der Waals surface area (Å²) in [5.41, 5.74) is 3.15. The van der Waals surface area contributed by atoms with Gasteiger partial charge in [0.25, 0.3) is 0 Å². The average Bonchev–Trinajstić information content (AvgIpc) is 3.08. The van der Waals surface area contributed by atoms with Crippen LogP contribution < -0.4 is 0 Å². The lowest BCUT2D eigenvalue weighted by Gasteiger charge is -2.61. The summed E-state index contributed by atoms with van der Waals surface area (Å²) in [6.45, 7) is 13.8. The Hall–Kier alpha value is -0.890. The molecule has 4 fully saturated rings. The standard InChI is InChI=1S/C29H46O2/c1-19(2)21(14-17-30)7-6-20(3)25-10-11-26-24-9-8-22-18-23(31)12-15-28(22,4)27(24)13-16-29(25,26)5/h14,17,20,22-27,31H,1,6-13,15-16,18H2,2-5H3/b21-14-/t20-,22+,23+,24+,25-,26+,27+,28+,29-/m1/s1. The number of aliphatic hydroxyl groups excluding tert-OH is 1. The second-order valence-corrected chi connectivity index (χ2v) is 12.4. The normalized spacial score (nSPS) is 45.9. The molecule has 0 bridgehead atoms. The number of hydrogen-bond donors (Lipinski definition) is 1. The Labute approximate surface area is 191 Å². The van der Waals surface area contributed by atoms with Gasteiger partial charge in [0.15, 0.2) is 0 Å². The first-order chi connectivity index (χ1) is 14.7. The molecule has 0 radical (unpaired) electrons. The fraction of sp³-hybridized carbons (Fsp3) is 0.828. The highest BCUT2D eigenvalue weighted by Crippen LogP contribution is 2.68. The summed E-state index contributed by atoms with van der Waals surface area (Å²) in [4.78, 5) is 11.0. The lowest BCUT2D eigenvalue weighted by atomic mass is 9.44. The van der Waals surface area contributed by atoms with Gasteiger partial charge in [0.1, 0.15) is 6.29 Å². The molecule has 2 heteroatoms. The first-order valence-electron chi connectivity index (χ1n) is 13.2. The van der Waals surface area contributed by atoms with Crippen molar-refractivity contribution in [2.75, 3.05) is 0 Å². The van der Waals surface area contributed by atoms with Crippen molar-refractivity contribution in [2.45, 2.75) is 104 Å². The number of hydrogen-bond acceptors (Lipinski definition) is 2. The molecule has 4 saturated carbocycles. The third-order valence-corrected chi connectivity index (χ3v) is 11.1. The van der Waals surface area contributed by atoms with Crippen molar-refractivity contribution in [3.63, 3.8) is 0 Å². The summed E-state index contributed by atoms with van der Waals surface area (Å²) in [5.74, 6) is 4.97. The first kappa shape index (κ1) is 23.3. The van der Waals surface area contributed by atoms with Gasteiger partial charge in [-0.2, -0.15) is 0 Å². The molecule has 0 aliphatic heterocycles. The molecule has 31 heavy (non-hydrogen) atoms. The van der Waals surface area contributed by atoms with E-state index in [1.807, 2.05) is 6.92 Å². The second kappa shape index (κ2) is 8.81. The Morgan fingerprint density at radius 2 is 1.77 bits per heavy atom. The first-order valence-corrected chi connectivity index (χ1v) is 13.2. The molecule has 0 amide bonds. The zero-order valence-electron chi connectivity index (χ0n) is 20.5. The minimum absolute atomic E-state index is 0.0439. The molecule has 1 N–H and O–H groups in total. The molecule has 4 aliphatic rings. The van der Waals surface area contributed by atoms with Crippen LogP contribution in [0.4, 0.5) is 0 Å². The minimum atomic E-state index is -0.0439. The van der Waals surface area contributed by atoms with E-state index in [2.05, 4.69) is 27.4 Å². The van der Waals surface area contributed by atoms with Gasteiger partial charge >= 0.3 is 0 Å². The second-order valence-electron chi connectivity index (χ2n) is 12.4. The Kier molecular flexibility index (Phi) is 6.61. The zero-order chi connectivity index (χ0) is 22.4. The number of allylic oxidation sites excluding steroid dienone is 3. The van der Waals surface area contributed by atoms with Crippen molar-refractivity contribution in [1.29, 1.82) is 0 Å². The zero-order valence-corrected chi connectivity index (χ0v) is 20.5. The molecule has 4 rings (SSSR count). The van der Waals surface area contributed by atoms with Gasteiger partial charge in [-0.15, -0.1) is 0 Å². The van der Waals surface area contributed by atoms with E-state index >= 15 is 0 Å². The van der Waals surface area contributed by atoms with Gasteiger partial charge in [0, 0.05) is 0 Å². The molecule has 4 aliphatic carbocycles. The predicted molar refractivity (Wildman–Crippen MR) is 129 cm³/mol. The van der Waals surface area contributed by atoms with E-state index in [1.54, 1.807) is 6.08 Å². The van der Waals surface area contributed by atoms with Crippen LogP contribution in [0.2, 0.25) is 0 Å². The largest absolute Gasteiger partial charge is 0.393 e. The molecule has 2 nitrogen and oxygen atoms in total. The number of aldehydes is 1. The Balaban J connectivity index is 1.46. The van der Waals surface area contributed by atoms with E-state index in [0.717, 1.165) is 66.3 Å². The van der Waals surface area contributed by atoms with E-state index in [9.17, 15) is 9.90 Å². The Bertz CT molecular complexity index is 722. The fourth-order valence-corrected chi connectivity index (χ4v) is 9.32. The van der Waals surface area contributed by atoms with E-state index in [0.29, 0.717) is 16.7 Å². The highest BCUT2D eigenvalue weighted by Gasteiger charge is 2.60. The maximum absolute atomic E-state index is 11.0. The topological polar surface area (TPSA) is 37.3 Å².